The molecule has 0 aromatic carbocycles. The zero-order valence-corrected chi connectivity index (χ0v) is 11.6. The van der Waals surface area contributed by atoms with Crippen molar-refractivity contribution in [2.45, 2.75) is 52.9 Å². The predicted octanol–water partition coefficient (Wildman–Crippen LogP) is 3.58. The Labute approximate surface area is 105 Å². The molecule has 0 saturated heterocycles. The van der Waals surface area contributed by atoms with E-state index in [1.165, 1.54) is 0 Å². The van der Waals surface area contributed by atoms with E-state index in [4.69, 9.17) is 11.6 Å². The van der Waals surface area contributed by atoms with E-state index < -0.39 is 0 Å². The van der Waals surface area contributed by atoms with Crippen molar-refractivity contribution in [3.8, 4) is 0 Å². The summed E-state index contributed by atoms with van der Waals surface area (Å²) >= 11 is 5.75. The molecular formula is C13H26ClNO. The second-order valence-electron chi connectivity index (χ2n) is 4.57. The molecule has 0 heterocycles. The fourth-order valence-corrected chi connectivity index (χ4v) is 2.20. The first-order valence-corrected chi connectivity index (χ1v) is 7.02. The highest BCUT2D eigenvalue weighted by molar-refractivity contribution is 6.17. The van der Waals surface area contributed by atoms with E-state index in [2.05, 4.69) is 19.2 Å². The molecule has 0 bridgehead atoms. The van der Waals surface area contributed by atoms with Gasteiger partial charge in [0, 0.05) is 18.3 Å². The van der Waals surface area contributed by atoms with Gasteiger partial charge in [0.25, 0.3) is 0 Å². The van der Waals surface area contributed by atoms with Gasteiger partial charge in [-0.2, -0.15) is 0 Å². The SMILES string of the molecule is CCCC(CCCl)CNC(=O)C(C)CCC. The van der Waals surface area contributed by atoms with Gasteiger partial charge in [0.1, 0.15) is 0 Å². The molecule has 2 unspecified atom stereocenters. The minimum Gasteiger partial charge on any atom is -0.356 e. The predicted molar refractivity (Wildman–Crippen MR) is 70.8 cm³/mol. The van der Waals surface area contributed by atoms with Crippen molar-refractivity contribution >= 4 is 17.5 Å². The first-order chi connectivity index (χ1) is 7.65. The van der Waals surface area contributed by atoms with Crippen LogP contribution < -0.4 is 5.32 Å². The quantitative estimate of drug-likeness (QED) is 0.620. The maximum Gasteiger partial charge on any atom is 0.222 e. The molecule has 0 fully saturated rings. The van der Waals surface area contributed by atoms with Gasteiger partial charge in [0.15, 0.2) is 0 Å². The Kier molecular flexibility index (Phi) is 9.80. The van der Waals surface area contributed by atoms with Crippen molar-refractivity contribution in [2.75, 3.05) is 12.4 Å². The number of hydrogen-bond acceptors (Lipinski definition) is 1. The van der Waals surface area contributed by atoms with Gasteiger partial charge in [0.05, 0.1) is 0 Å². The molecular weight excluding hydrogens is 222 g/mol. The molecule has 0 aliphatic rings. The topological polar surface area (TPSA) is 29.1 Å². The second kappa shape index (κ2) is 9.95. The first-order valence-electron chi connectivity index (χ1n) is 6.49. The van der Waals surface area contributed by atoms with Crippen molar-refractivity contribution in [2.24, 2.45) is 11.8 Å². The van der Waals surface area contributed by atoms with Crippen LogP contribution in [0.1, 0.15) is 52.9 Å². The molecule has 1 N–H and O–H groups in total. The third-order valence-corrected chi connectivity index (χ3v) is 3.17. The van der Waals surface area contributed by atoms with Crippen LogP contribution in [0.4, 0.5) is 0 Å². The molecule has 96 valence electrons. The summed E-state index contributed by atoms with van der Waals surface area (Å²) < 4.78 is 0. The fraction of sp³-hybridized carbons (Fsp3) is 0.923. The van der Waals surface area contributed by atoms with E-state index in [1.54, 1.807) is 0 Å². The van der Waals surface area contributed by atoms with Gasteiger partial charge in [-0.15, -0.1) is 11.6 Å². The average molecular weight is 248 g/mol. The van der Waals surface area contributed by atoms with Crippen molar-refractivity contribution in [3.05, 3.63) is 0 Å². The van der Waals surface area contributed by atoms with Crippen LogP contribution in [0.25, 0.3) is 0 Å². The van der Waals surface area contributed by atoms with Gasteiger partial charge in [-0.05, 0) is 25.2 Å². The number of carbonyl (C=O) groups is 1. The number of rotatable bonds is 9. The Balaban J connectivity index is 3.85. The molecule has 0 spiro atoms. The number of nitrogens with one attached hydrogen (secondary N) is 1. The molecule has 3 heteroatoms. The van der Waals surface area contributed by atoms with E-state index in [-0.39, 0.29) is 11.8 Å². The molecule has 16 heavy (non-hydrogen) atoms. The van der Waals surface area contributed by atoms with Crippen LogP contribution in [0.15, 0.2) is 0 Å². The van der Waals surface area contributed by atoms with Gasteiger partial charge >= 0.3 is 0 Å². The number of hydrogen-bond donors (Lipinski definition) is 1. The molecule has 0 aromatic rings. The van der Waals surface area contributed by atoms with Gasteiger partial charge in [0.2, 0.25) is 5.91 Å². The second-order valence-corrected chi connectivity index (χ2v) is 4.95. The lowest BCUT2D eigenvalue weighted by Crippen LogP contribution is -2.33. The summed E-state index contributed by atoms with van der Waals surface area (Å²) in [6, 6.07) is 0. The van der Waals surface area contributed by atoms with Crippen LogP contribution in [0.5, 0.6) is 0 Å². The smallest absolute Gasteiger partial charge is 0.222 e. The molecule has 2 atom stereocenters. The maximum atomic E-state index is 11.7. The van der Waals surface area contributed by atoms with E-state index in [1.807, 2.05) is 6.92 Å². The normalized spacial score (nSPS) is 14.5. The molecule has 1 amide bonds. The molecule has 0 aliphatic heterocycles. The average Bonchev–Trinajstić information content (AvgIpc) is 2.26. The van der Waals surface area contributed by atoms with Crippen LogP contribution in [0, 0.1) is 11.8 Å². The van der Waals surface area contributed by atoms with Crippen LogP contribution in [-0.4, -0.2) is 18.3 Å². The number of alkyl halides is 1. The third-order valence-electron chi connectivity index (χ3n) is 2.95. The minimum absolute atomic E-state index is 0.142. The molecule has 0 radical (unpaired) electrons. The van der Waals surface area contributed by atoms with Crippen LogP contribution in [-0.2, 0) is 4.79 Å². The lowest BCUT2D eigenvalue weighted by molar-refractivity contribution is -0.124. The molecule has 0 rings (SSSR count). The van der Waals surface area contributed by atoms with E-state index in [0.29, 0.717) is 11.8 Å². The zero-order valence-electron chi connectivity index (χ0n) is 10.9. The third kappa shape index (κ3) is 7.10. The fourth-order valence-electron chi connectivity index (χ4n) is 1.89. The monoisotopic (exact) mass is 247 g/mol. The highest BCUT2D eigenvalue weighted by atomic mass is 35.5. The number of carbonyl (C=O) groups excluding carboxylic acids is 1. The summed E-state index contributed by atoms with van der Waals surface area (Å²) in [6.45, 7) is 7.06. The van der Waals surface area contributed by atoms with Crippen molar-refractivity contribution < 1.29 is 4.79 Å². The van der Waals surface area contributed by atoms with E-state index in [0.717, 1.165) is 38.6 Å². The maximum absolute atomic E-state index is 11.7. The Bertz CT molecular complexity index is 179. The van der Waals surface area contributed by atoms with Gasteiger partial charge < -0.3 is 5.32 Å². The summed E-state index contributed by atoms with van der Waals surface area (Å²) in [5.41, 5.74) is 0. The first kappa shape index (κ1) is 15.8. The van der Waals surface area contributed by atoms with Crippen LogP contribution >= 0.6 is 11.6 Å². The highest BCUT2D eigenvalue weighted by Gasteiger charge is 2.13. The number of amides is 1. The Morgan fingerprint density at radius 3 is 2.31 bits per heavy atom. The molecule has 0 saturated carbocycles. The Morgan fingerprint density at radius 1 is 1.19 bits per heavy atom. The van der Waals surface area contributed by atoms with Gasteiger partial charge in [-0.1, -0.05) is 33.6 Å². The highest BCUT2D eigenvalue weighted by Crippen LogP contribution is 2.12. The lowest BCUT2D eigenvalue weighted by Gasteiger charge is -2.17. The Hall–Kier alpha value is -0.240. The summed E-state index contributed by atoms with van der Waals surface area (Å²) in [7, 11) is 0. The summed E-state index contributed by atoms with van der Waals surface area (Å²) in [6.07, 6.45) is 5.34. The summed E-state index contributed by atoms with van der Waals surface area (Å²) in [4.78, 5) is 11.7. The Morgan fingerprint density at radius 2 is 1.81 bits per heavy atom. The standard InChI is InChI=1S/C13H26ClNO/c1-4-6-11(3)13(16)15-10-12(7-5-2)8-9-14/h11-12H,4-10H2,1-3H3,(H,15,16). The largest absolute Gasteiger partial charge is 0.356 e. The number of halogens is 1. The molecule has 0 aliphatic carbocycles. The molecule has 2 nitrogen and oxygen atoms in total. The minimum atomic E-state index is 0.142. The van der Waals surface area contributed by atoms with E-state index >= 15 is 0 Å². The van der Waals surface area contributed by atoms with Crippen molar-refractivity contribution in [1.29, 1.82) is 0 Å². The lowest BCUT2D eigenvalue weighted by atomic mass is 10.00. The molecule has 0 aromatic heterocycles. The van der Waals surface area contributed by atoms with Crippen LogP contribution in [0.3, 0.4) is 0 Å². The summed E-state index contributed by atoms with van der Waals surface area (Å²) in [5.74, 6) is 1.56. The van der Waals surface area contributed by atoms with Crippen LogP contribution in [0.2, 0.25) is 0 Å². The van der Waals surface area contributed by atoms with E-state index in [9.17, 15) is 4.79 Å². The van der Waals surface area contributed by atoms with Crippen molar-refractivity contribution in [3.63, 3.8) is 0 Å². The van der Waals surface area contributed by atoms with Gasteiger partial charge in [-0.25, -0.2) is 0 Å². The summed E-state index contributed by atoms with van der Waals surface area (Å²) in [5, 5.41) is 3.04. The zero-order chi connectivity index (χ0) is 12.4. The van der Waals surface area contributed by atoms with Crippen molar-refractivity contribution in [1.82, 2.24) is 5.32 Å². The van der Waals surface area contributed by atoms with Gasteiger partial charge in [-0.3, -0.25) is 4.79 Å².